The Hall–Kier alpha value is -3.17. The van der Waals surface area contributed by atoms with Crippen molar-refractivity contribution in [2.24, 2.45) is 11.8 Å². The first-order chi connectivity index (χ1) is 21.8. The number of esters is 1. The molecule has 15 heteroatoms. The standard InChI is InChI=1S/C32H38F6N2O6S/c1-20(2)18-39-24-11-12-26(22(16-24)19-47(44,45)25-9-4-3-5-10-25)40-14-13-30(28(40)42,46-29(43)32(36,37)38)17-27(41)21-7-6-8-23(15-21)31(33,34)35/h3-10,15,20,22,24,26-27,39,41H,11-14,16-19H2,1-2H3/t22-,24+,26-,27-,30-/m0/s1. The lowest BCUT2D eigenvalue weighted by atomic mass is 9.81. The van der Waals surface area contributed by atoms with Gasteiger partial charge in [-0.25, -0.2) is 13.2 Å². The molecule has 8 nitrogen and oxygen atoms in total. The molecule has 0 radical (unpaired) electrons. The number of halogens is 6. The van der Waals surface area contributed by atoms with E-state index in [2.05, 4.69) is 5.32 Å². The number of sulfone groups is 1. The van der Waals surface area contributed by atoms with Crippen molar-refractivity contribution in [2.75, 3.05) is 18.8 Å². The summed E-state index contributed by atoms with van der Waals surface area (Å²) in [5.74, 6) is -4.49. The van der Waals surface area contributed by atoms with Crippen LogP contribution >= 0.6 is 0 Å². The quantitative estimate of drug-likeness (QED) is 0.238. The minimum atomic E-state index is -5.51. The van der Waals surface area contributed by atoms with Crippen molar-refractivity contribution in [1.29, 1.82) is 0 Å². The van der Waals surface area contributed by atoms with Crippen LogP contribution in [-0.2, 0) is 30.3 Å². The molecule has 1 saturated carbocycles. The normalized spacial score (nSPS) is 24.9. The third-order valence-electron chi connectivity index (χ3n) is 8.74. The zero-order chi connectivity index (χ0) is 34.8. The second kappa shape index (κ2) is 14.1. The van der Waals surface area contributed by atoms with Gasteiger partial charge in [-0.2, -0.15) is 26.3 Å². The number of alkyl halides is 6. The highest BCUT2D eigenvalue weighted by atomic mass is 32.2. The van der Waals surface area contributed by atoms with Crippen LogP contribution in [0.5, 0.6) is 0 Å². The third-order valence-corrected chi connectivity index (χ3v) is 10.6. The lowest BCUT2D eigenvalue weighted by molar-refractivity contribution is -0.216. The predicted molar refractivity (Wildman–Crippen MR) is 158 cm³/mol. The zero-order valence-electron chi connectivity index (χ0n) is 25.9. The van der Waals surface area contributed by atoms with E-state index in [1.807, 2.05) is 13.8 Å². The number of ether oxygens (including phenoxy) is 1. The van der Waals surface area contributed by atoms with Crippen molar-refractivity contribution in [2.45, 2.75) is 87.0 Å². The van der Waals surface area contributed by atoms with Gasteiger partial charge in [0, 0.05) is 31.5 Å². The van der Waals surface area contributed by atoms with Gasteiger partial charge in [-0.1, -0.05) is 44.2 Å². The summed E-state index contributed by atoms with van der Waals surface area (Å²) in [6.45, 7) is 4.44. The molecule has 0 unspecified atom stereocenters. The average molecular weight is 693 g/mol. The van der Waals surface area contributed by atoms with Crippen LogP contribution in [0.15, 0.2) is 59.5 Å². The van der Waals surface area contributed by atoms with E-state index in [-0.39, 0.29) is 35.2 Å². The van der Waals surface area contributed by atoms with Gasteiger partial charge < -0.3 is 20.1 Å². The molecule has 2 aromatic carbocycles. The van der Waals surface area contributed by atoms with Crippen LogP contribution in [0.3, 0.4) is 0 Å². The minimum absolute atomic E-state index is 0.0708. The van der Waals surface area contributed by atoms with E-state index in [9.17, 15) is 49.5 Å². The molecule has 1 aliphatic carbocycles. The Bertz CT molecular complexity index is 1520. The first-order valence-electron chi connectivity index (χ1n) is 15.3. The molecule has 2 fully saturated rings. The van der Waals surface area contributed by atoms with Crippen molar-refractivity contribution in [3.8, 4) is 0 Å². The molecule has 2 N–H and O–H groups in total. The predicted octanol–water partition coefficient (Wildman–Crippen LogP) is 5.46. The Morgan fingerprint density at radius 2 is 1.74 bits per heavy atom. The lowest BCUT2D eigenvalue weighted by Gasteiger charge is -2.42. The number of aliphatic hydroxyl groups is 1. The van der Waals surface area contributed by atoms with Gasteiger partial charge >= 0.3 is 18.3 Å². The Labute approximate surface area is 269 Å². The number of hydrogen-bond donors (Lipinski definition) is 2. The number of amides is 1. The first kappa shape index (κ1) is 36.7. The molecule has 1 amide bonds. The molecule has 2 aliphatic rings. The first-order valence-corrected chi connectivity index (χ1v) is 17.0. The van der Waals surface area contributed by atoms with Crippen molar-refractivity contribution >= 4 is 21.7 Å². The number of benzene rings is 2. The number of carbonyl (C=O) groups is 2. The lowest BCUT2D eigenvalue weighted by Crippen LogP contribution is -2.54. The maximum atomic E-state index is 14.1. The molecule has 0 bridgehead atoms. The van der Waals surface area contributed by atoms with Gasteiger partial charge in [-0.3, -0.25) is 4.79 Å². The Kier molecular flexibility index (Phi) is 11.0. The smallest absolute Gasteiger partial charge is 0.442 e. The van der Waals surface area contributed by atoms with Gasteiger partial charge in [0.25, 0.3) is 5.91 Å². The second-order valence-electron chi connectivity index (χ2n) is 12.7. The SMILES string of the molecule is CC(C)CN[C@@H]1CC[C@H](N2CC[C@@](C[C@H](O)c3cccc(C(F)(F)F)c3)(OC(=O)C(F)(F)F)C2=O)[C@H](CS(=O)(=O)c2ccccc2)C1. The summed E-state index contributed by atoms with van der Waals surface area (Å²) in [4.78, 5) is 27.5. The van der Waals surface area contributed by atoms with E-state index in [0.717, 1.165) is 18.2 Å². The van der Waals surface area contributed by atoms with E-state index in [1.54, 1.807) is 18.2 Å². The minimum Gasteiger partial charge on any atom is -0.442 e. The number of nitrogens with zero attached hydrogens (tertiary/aromatic N) is 1. The van der Waals surface area contributed by atoms with E-state index in [0.29, 0.717) is 31.4 Å². The fourth-order valence-electron chi connectivity index (χ4n) is 6.43. The largest absolute Gasteiger partial charge is 0.490 e. The fraction of sp³-hybridized carbons (Fsp3) is 0.562. The van der Waals surface area contributed by atoms with E-state index in [1.165, 1.54) is 17.0 Å². The fourth-order valence-corrected chi connectivity index (χ4v) is 8.12. The van der Waals surface area contributed by atoms with Crippen LogP contribution in [0.2, 0.25) is 0 Å². The molecule has 2 aromatic rings. The van der Waals surface area contributed by atoms with Gasteiger partial charge in [0.05, 0.1) is 22.3 Å². The number of nitrogens with one attached hydrogen (secondary N) is 1. The summed E-state index contributed by atoms with van der Waals surface area (Å²) in [6.07, 6.45) is -12.5. The molecule has 1 saturated heterocycles. The van der Waals surface area contributed by atoms with Crippen LogP contribution in [0.1, 0.15) is 63.2 Å². The summed E-state index contributed by atoms with van der Waals surface area (Å²) < 4.78 is 112. The number of carbonyl (C=O) groups excluding carboxylic acids is 2. The van der Waals surface area contributed by atoms with Gasteiger partial charge in [0.1, 0.15) is 0 Å². The molecular weight excluding hydrogens is 654 g/mol. The molecule has 5 atom stereocenters. The molecule has 0 spiro atoms. The van der Waals surface area contributed by atoms with Crippen LogP contribution in [0.4, 0.5) is 26.3 Å². The van der Waals surface area contributed by atoms with Gasteiger partial charge in [-0.05, 0) is 67.5 Å². The zero-order valence-corrected chi connectivity index (χ0v) is 26.7. The van der Waals surface area contributed by atoms with Crippen LogP contribution in [0.25, 0.3) is 0 Å². The monoisotopic (exact) mass is 692 g/mol. The summed E-state index contributed by atoms with van der Waals surface area (Å²) in [6, 6.07) is 10.3. The van der Waals surface area contributed by atoms with Crippen LogP contribution in [-0.4, -0.2) is 73.0 Å². The highest BCUT2D eigenvalue weighted by Gasteiger charge is 2.57. The van der Waals surface area contributed by atoms with Crippen molar-refractivity contribution in [3.63, 3.8) is 0 Å². The summed E-state index contributed by atoms with van der Waals surface area (Å²) in [5, 5.41) is 14.3. The summed E-state index contributed by atoms with van der Waals surface area (Å²) in [7, 11) is -3.86. The summed E-state index contributed by atoms with van der Waals surface area (Å²) in [5.41, 5.74) is -4.02. The highest BCUT2D eigenvalue weighted by molar-refractivity contribution is 7.91. The maximum absolute atomic E-state index is 14.1. The van der Waals surface area contributed by atoms with Crippen molar-refractivity contribution in [3.05, 3.63) is 65.7 Å². The third kappa shape index (κ3) is 8.85. The van der Waals surface area contributed by atoms with Crippen molar-refractivity contribution in [1.82, 2.24) is 10.2 Å². The molecule has 0 aromatic heterocycles. The molecule has 47 heavy (non-hydrogen) atoms. The number of rotatable bonds is 11. The van der Waals surface area contributed by atoms with Crippen molar-refractivity contribution < 1.29 is 54.2 Å². The molecule has 4 rings (SSSR count). The second-order valence-corrected chi connectivity index (χ2v) is 14.7. The molecule has 1 heterocycles. The number of hydrogen-bond acceptors (Lipinski definition) is 7. The number of aliphatic hydroxyl groups excluding tert-OH is 1. The Morgan fingerprint density at radius 1 is 1.06 bits per heavy atom. The van der Waals surface area contributed by atoms with E-state index < -0.39 is 76.1 Å². The Balaban J connectivity index is 1.66. The maximum Gasteiger partial charge on any atom is 0.490 e. The van der Waals surface area contributed by atoms with Crippen LogP contribution in [0, 0.1) is 11.8 Å². The van der Waals surface area contributed by atoms with Gasteiger partial charge in [-0.15, -0.1) is 0 Å². The highest BCUT2D eigenvalue weighted by Crippen LogP contribution is 2.42. The van der Waals surface area contributed by atoms with Gasteiger partial charge in [0.15, 0.2) is 15.4 Å². The molecule has 1 aliphatic heterocycles. The van der Waals surface area contributed by atoms with E-state index in [4.69, 9.17) is 4.74 Å². The average Bonchev–Trinajstić information content (AvgIpc) is 3.30. The van der Waals surface area contributed by atoms with E-state index >= 15 is 0 Å². The molecular formula is C32H38F6N2O6S. The topological polar surface area (TPSA) is 113 Å². The van der Waals surface area contributed by atoms with Gasteiger partial charge in [0.2, 0.25) is 0 Å². The summed E-state index contributed by atoms with van der Waals surface area (Å²) >= 11 is 0. The number of likely N-dealkylation sites (tertiary alicyclic amines) is 1. The van der Waals surface area contributed by atoms with Crippen LogP contribution < -0.4 is 5.32 Å². The Morgan fingerprint density at radius 3 is 2.36 bits per heavy atom. The molecule has 260 valence electrons.